The minimum Gasteiger partial charge on any atom is -0.396 e. The van der Waals surface area contributed by atoms with Crippen LogP contribution in [0, 0.1) is 23.3 Å². The van der Waals surface area contributed by atoms with Gasteiger partial charge in [-0.15, -0.1) is 0 Å². The molecule has 1 aromatic rings. The van der Waals surface area contributed by atoms with Crippen molar-refractivity contribution in [2.75, 3.05) is 6.61 Å². The molecule has 14 heavy (non-hydrogen) atoms. The maximum absolute atomic E-state index is 12.9. The summed E-state index contributed by atoms with van der Waals surface area (Å²) < 4.78 is 50.6. The molecule has 1 nitrogen and oxygen atoms in total. The summed E-state index contributed by atoms with van der Waals surface area (Å²) in [6.45, 7) is -0.222. The Bertz CT molecular complexity index is 338. The van der Waals surface area contributed by atoms with Gasteiger partial charge < -0.3 is 5.11 Å². The molecule has 0 heterocycles. The standard InChI is InChI=1S/C9H8F4O/c10-6-4-5(2-1-3-14)7(11)9(13)8(6)12/h4,14H,1-3H2. The predicted molar refractivity (Wildman–Crippen MR) is 41.7 cm³/mol. The average molecular weight is 208 g/mol. The summed E-state index contributed by atoms with van der Waals surface area (Å²) in [7, 11) is 0. The maximum Gasteiger partial charge on any atom is 0.197 e. The summed E-state index contributed by atoms with van der Waals surface area (Å²) in [4.78, 5) is 0. The third-order valence-corrected chi connectivity index (χ3v) is 1.78. The zero-order valence-electron chi connectivity index (χ0n) is 7.16. The largest absolute Gasteiger partial charge is 0.396 e. The summed E-state index contributed by atoms with van der Waals surface area (Å²) in [5.74, 6) is -6.43. The van der Waals surface area contributed by atoms with Crippen molar-refractivity contribution in [3.8, 4) is 0 Å². The van der Waals surface area contributed by atoms with Gasteiger partial charge in [0.25, 0.3) is 0 Å². The number of rotatable bonds is 3. The molecule has 0 aromatic heterocycles. The molecule has 0 radical (unpaired) electrons. The van der Waals surface area contributed by atoms with E-state index in [9.17, 15) is 17.6 Å². The molecular weight excluding hydrogens is 200 g/mol. The lowest BCUT2D eigenvalue weighted by Crippen LogP contribution is -2.02. The monoisotopic (exact) mass is 208 g/mol. The van der Waals surface area contributed by atoms with Crippen LogP contribution in [0.3, 0.4) is 0 Å². The lowest BCUT2D eigenvalue weighted by atomic mass is 10.1. The summed E-state index contributed by atoms with van der Waals surface area (Å²) >= 11 is 0. The topological polar surface area (TPSA) is 20.2 Å². The van der Waals surface area contributed by atoms with Crippen LogP contribution in [0.15, 0.2) is 6.07 Å². The highest BCUT2D eigenvalue weighted by Crippen LogP contribution is 2.19. The van der Waals surface area contributed by atoms with Gasteiger partial charge in [-0.3, -0.25) is 0 Å². The maximum atomic E-state index is 12.9. The zero-order valence-corrected chi connectivity index (χ0v) is 7.16. The van der Waals surface area contributed by atoms with E-state index in [-0.39, 0.29) is 25.0 Å². The quantitative estimate of drug-likeness (QED) is 0.458. The number of aliphatic hydroxyl groups is 1. The molecule has 0 aliphatic carbocycles. The van der Waals surface area contributed by atoms with Crippen LogP contribution in [0.5, 0.6) is 0 Å². The Labute approximate surface area is 78.0 Å². The van der Waals surface area contributed by atoms with E-state index < -0.39 is 23.3 Å². The molecule has 0 unspecified atom stereocenters. The Morgan fingerprint density at radius 3 is 2.21 bits per heavy atom. The van der Waals surface area contributed by atoms with E-state index in [1.165, 1.54) is 0 Å². The van der Waals surface area contributed by atoms with Crippen LogP contribution in [0.1, 0.15) is 12.0 Å². The Morgan fingerprint density at radius 1 is 1.00 bits per heavy atom. The number of benzene rings is 1. The summed E-state index contributed by atoms with van der Waals surface area (Å²) in [6, 6.07) is 0.601. The van der Waals surface area contributed by atoms with Crippen LogP contribution in [-0.2, 0) is 6.42 Å². The summed E-state index contributed by atoms with van der Waals surface area (Å²) in [5.41, 5.74) is -0.268. The minimum atomic E-state index is -1.81. The molecule has 1 aromatic carbocycles. The second-order valence-corrected chi connectivity index (χ2v) is 2.79. The molecule has 0 atom stereocenters. The molecule has 1 rings (SSSR count). The molecule has 0 fully saturated rings. The van der Waals surface area contributed by atoms with E-state index in [1.807, 2.05) is 0 Å². The van der Waals surface area contributed by atoms with Crippen molar-refractivity contribution in [1.82, 2.24) is 0 Å². The molecule has 0 aliphatic heterocycles. The molecule has 0 aliphatic rings. The first-order chi connectivity index (χ1) is 6.57. The van der Waals surface area contributed by atoms with E-state index in [0.717, 1.165) is 0 Å². The summed E-state index contributed by atoms with van der Waals surface area (Å²) in [6.07, 6.45) is 0.137. The van der Waals surface area contributed by atoms with Crippen LogP contribution in [0.25, 0.3) is 0 Å². The summed E-state index contributed by atoms with van der Waals surface area (Å²) in [5, 5.41) is 8.43. The van der Waals surface area contributed by atoms with Crippen molar-refractivity contribution in [3.63, 3.8) is 0 Å². The molecule has 0 saturated carbocycles. The normalized spacial score (nSPS) is 10.6. The number of hydrogen-bond donors (Lipinski definition) is 1. The first-order valence-corrected chi connectivity index (χ1v) is 4.00. The fourth-order valence-corrected chi connectivity index (χ4v) is 1.07. The SMILES string of the molecule is OCCCc1cc(F)c(F)c(F)c1F. The first-order valence-electron chi connectivity index (χ1n) is 4.00. The Balaban J connectivity index is 3.06. The molecule has 0 saturated heterocycles. The van der Waals surface area contributed by atoms with Gasteiger partial charge in [0.15, 0.2) is 23.3 Å². The zero-order chi connectivity index (χ0) is 10.7. The van der Waals surface area contributed by atoms with Crippen molar-refractivity contribution in [2.24, 2.45) is 0 Å². The van der Waals surface area contributed by atoms with E-state index in [0.29, 0.717) is 6.07 Å². The molecule has 1 N–H and O–H groups in total. The first kappa shape index (κ1) is 11.0. The van der Waals surface area contributed by atoms with Gasteiger partial charge in [0, 0.05) is 6.61 Å². The van der Waals surface area contributed by atoms with Gasteiger partial charge in [0.05, 0.1) is 0 Å². The second-order valence-electron chi connectivity index (χ2n) is 2.79. The highest BCUT2D eigenvalue weighted by atomic mass is 19.2. The Kier molecular flexibility index (Phi) is 3.46. The number of aryl methyl sites for hydroxylation is 1. The van der Waals surface area contributed by atoms with Crippen molar-refractivity contribution >= 4 is 0 Å². The molecule has 78 valence electrons. The van der Waals surface area contributed by atoms with Crippen molar-refractivity contribution in [3.05, 3.63) is 34.9 Å². The molecule has 0 amide bonds. The van der Waals surface area contributed by atoms with Crippen molar-refractivity contribution < 1.29 is 22.7 Å². The second kappa shape index (κ2) is 4.41. The van der Waals surface area contributed by atoms with Crippen LogP contribution >= 0.6 is 0 Å². The molecule has 5 heteroatoms. The number of aliphatic hydroxyl groups excluding tert-OH is 1. The van der Waals surface area contributed by atoms with E-state index in [1.54, 1.807) is 0 Å². The van der Waals surface area contributed by atoms with Gasteiger partial charge in [-0.05, 0) is 24.5 Å². The fourth-order valence-electron chi connectivity index (χ4n) is 1.07. The lowest BCUT2D eigenvalue weighted by Gasteiger charge is -2.04. The highest BCUT2D eigenvalue weighted by Gasteiger charge is 2.17. The number of halogens is 4. The van der Waals surface area contributed by atoms with Gasteiger partial charge in [0.2, 0.25) is 0 Å². The minimum absolute atomic E-state index is 0.0313. The smallest absolute Gasteiger partial charge is 0.197 e. The lowest BCUT2D eigenvalue weighted by molar-refractivity contribution is 0.287. The molecule has 0 bridgehead atoms. The fraction of sp³-hybridized carbons (Fsp3) is 0.333. The van der Waals surface area contributed by atoms with E-state index in [4.69, 9.17) is 5.11 Å². The van der Waals surface area contributed by atoms with E-state index in [2.05, 4.69) is 0 Å². The molecular formula is C9H8F4O. The van der Waals surface area contributed by atoms with Crippen LogP contribution < -0.4 is 0 Å². The third-order valence-electron chi connectivity index (χ3n) is 1.78. The third kappa shape index (κ3) is 2.04. The highest BCUT2D eigenvalue weighted by molar-refractivity contribution is 5.21. The Hall–Kier alpha value is -1.10. The van der Waals surface area contributed by atoms with Crippen molar-refractivity contribution in [1.29, 1.82) is 0 Å². The van der Waals surface area contributed by atoms with Crippen molar-refractivity contribution in [2.45, 2.75) is 12.8 Å². The van der Waals surface area contributed by atoms with Crippen LogP contribution in [-0.4, -0.2) is 11.7 Å². The van der Waals surface area contributed by atoms with Crippen LogP contribution in [0.4, 0.5) is 17.6 Å². The van der Waals surface area contributed by atoms with E-state index >= 15 is 0 Å². The Morgan fingerprint density at radius 2 is 1.64 bits per heavy atom. The van der Waals surface area contributed by atoms with Crippen LogP contribution in [0.2, 0.25) is 0 Å². The number of hydrogen-bond acceptors (Lipinski definition) is 1. The van der Waals surface area contributed by atoms with Gasteiger partial charge in [0.1, 0.15) is 0 Å². The van der Waals surface area contributed by atoms with Gasteiger partial charge >= 0.3 is 0 Å². The van der Waals surface area contributed by atoms with Gasteiger partial charge in [-0.1, -0.05) is 0 Å². The molecule has 0 spiro atoms. The predicted octanol–water partition coefficient (Wildman–Crippen LogP) is 2.17. The van der Waals surface area contributed by atoms with Gasteiger partial charge in [-0.2, -0.15) is 0 Å². The average Bonchev–Trinajstić information content (AvgIpc) is 2.18. The van der Waals surface area contributed by atoms with Gasteiger partial charge in [-0.25, -0.2) is 17.6 Å².